The zero-order chi connectivity index (χ0) is 19.7. The van der Waals surface area contributed by atoms with E-state index in [-0.39, 0.29) is 11.3 Å². The monoisotopic (exact) mass is 372 g/mol. The molecule has 0 aliphatic carbocycles. The maximum absolute atomic E-state index is 12.7. The van der Waals surface area contributed by atoms with Crippen LogP contribution < -0.4 is 11.1 Å². The normalized spacial score (nSPS) is 10.8. The minimum absolute atomic E-state index is 0.158. The first-order chi connectivity index (χ1) is 13.6. The van der Waals surface area contributed by atoms with Crippen LogP contribution in [0.1, 0.15) is 26.5 Å². The molecular formula is C20H16N6O2. The number of carbonyl (C=O) groups excluding carboxylic acids is 2. The zero-order valence-electron chi connectivity index (χ0n) is 15.0. The van der Waals surface area contributed by atoms with Crippen LogP contribution in [0.4, 0.5) is 5.69 Å². The molecule has 4 rings (SSSR count). The first-order valence-corrected chi connectivity index (χ1v) is 8.52. The molecule has 2 heterocycles. The van der Waals surface area contributed by atoms with Crippen molar-refractivity contribution >= 4 is 28.3 Å². The van der Waals surface area contributed by atoms with E-state index in [1.54, 1.807) is 48.3 Å². The highest BCUT2D eigenvalue weighted by Gasteiger charge is 2.20. The van der Waals surface area contributed by atoms with Gasteiger partial charge in [-0.2, -0.15) is 0 Å². The van der Waals surface area contributed by atoms with Crippen LogP contribution in [0, 0.1) is 6.92 Å². The minimum Gasteiger partial charge on any atom is -0.366 e. The predicted molar refractivity (Wildman–Crippen MR) is 104 cm³/mol. The Morgan fingerprint density at radius 1 is 1.07 bits per heavy atom. The second-order valence-electron chi connectivity index (χ2n) is 6.17. The molecule has 0 fully saturated rings. The SMILES string of the molecule is Cc1c(C(=O)Nc2ccccc2C(N)=O)nnn1-c1cccc2cnccc12. The molecule has 0 aliphatic rings. The quantitative estimate of drug-likeness (QED) is 0.571. The third kappa shape index (κ3) is 2.96. The van der Waals surface area contributed by atoms with Crippen molar-refractivity contribution in [3.05, 3.63) is 77.9 Å². The van der Waals surface area contributed by atoms with E-state index in [9.17, 15) is 9.59 Å². The third-order valence-electron chi connectivity index (χ3n) is 4.44. The number of para-hydroxylation sites is 1. The first kappa shape index (κ1) is 17.3. The molecule has 0 saturated carbocycles. The van der Waals surface area contributed by atoms with Gasteiger partial charge in [0.15, 0.2) is 5.69 Å². The van der Waals surface area contributed by atoms with Gasteiger partial charge in [0.1, 0.15) is 0 Å². The molecule has 8 heteroatoms. The van der Waals surface area contributed by atoms with E-state index in [0.29, 0.717) is 11.4 Å². The molecule has 0 spiro atoms. The van der Waals surface area contributed by atoms with Crippen molar-refractivity contribution in [2.24, 2.45) is 5.73 Å². The number of carbonyl (C=O) groups is 2. The summed E-state index contributed by atoms with van der Waals surface area (Å²) in [5, 5.41) is 12.8. The number of pyridine rings is 1. The molecule has 8 nitrogen and oxygen atoms in total. The number of fused-ring (bicyclic) bond motifs is 1. The van der Waals surface area contributed by atoms with E-state index < -0.39 is 11.8 Å². The van der Waals surface area contributed by atoms with Crippen LogP contribution in [-0.4, -0.2) is 31.8 Å². The van der Waals surface area contributed by atoms with Crippen LogP contribution in [0.5, 0.6) is 0 Å². The van der Waals surface area contributed by atoms with E-state index in [1.807, 2.05) is 24.3 Å². The lowest BCUT2D eigenvalue weighted by Gasteiger charge is -2.09. The highest BCUT2D eigenvalue weighted by Crippen LogP contribution is 2.23. The average Bonchev–Trinajstić information content (AvgIpc) is 3.09. The lowest BCUT2D eigenvalue weighted by Crippen LogP contribution is -2.19. The van der Waals surface area contributed by atoms with Gasteiger partial charge in [-0.3, -0.25) is 14.6 Å². The van der Waals surface area contributed by atoms with E-state index >= 15 is 0 Å². The van der Waals surface area contributed by atoms with Crippen molar-refractivity contribution in [1.29, 1.82) is 0 Å². The van der Waals surface area contributed by atoms with Crippen molar-refractivity contribution in [2.75, 3.05) is 5.32 Å². The number of nitrogens with two attached hydrogens (primary N) is 1. The zero-order valence-corrected chi connectivity index (χ0v) is 15.0. The molecule has 138 valence electrons. The van der Waals surface area contributed by atoms with Gasteiger partial charge < -0.3 is 11.1 Å². The summed E-state index contributed by atoms with van der Waals surface area (Å²) in [6.07, 6.45) is 3.46. The summed E-state index contributed by atoms with van der Waals surface area (Å²) in [5.74, 6) is -1.10. The molecule has 4 aromatic rings. The number of hydrogen-bond donors (Lipinski definition) is 2. The summed E-state index contributed by atoms with van der Waals surface area (Å²) >= 11 is 0. The molecule has 2 amide bonds. The molecular weight excluding hydrogens is 356 g/mol. The van der Waals surface area contributed by atoms with Gasteiger partial charge in [-0.05, 0) is 31.2 Å². The number of rotatable bonds is 4. The van der Waals surface area contributed by atoms with Crippen molar-refractivity contribution in [1.82, 2.24) is 20.0 Å². The fraction of sp³-hybridized carbons (Fsp3) is 0.0500. The van der Waals surface area contributed by atoms with Crippen molar-refractivity contribution in [3.63, 3.8) is 0 Å². The molecule has 28 heavy (non-hydrogen) atoms. The summed E-state index contributed by atoms with van der Waals surface area (Å²) in [7, 11) is 0. The highest BCUT2D eigenvalue weighted by molar-refractivity contribution is 6.08. The number of primary amides is 1. The topological polar surface area (TPSA) is 116 Å². The smallest absolute Gasteiger partial charge is 0.278 e. The van der Waals surface area contributed by atoms with Crippen molar-refractivity contribution < 1.29 is 9.59 Å². The number of anilines is 1. The first-order valence-electron chi connectivity index (χ1n) is 8.52. The van der Waals surface area contributed by atoms with Gasteiger partial charge in [-0.25, -0.2) is 4.68 Å². The fourth-order valence-electron chi connectivity index (χ4n) is 3.05. The molecule has 0 saturated heterocycles. The van der Waals surface area contributed by atoms with Crippen LogP contribution in [-0.2, 0) is 0 Å². The van der Waals surface area contributed by atoms with Crippen LogP contribution >= 0.6 is 0 Å². The second-order valence-corrected chi connectivity index (χ2v) is 6.17. The van der Waals surface area contributed by atoms with Gasteiger partial charge in [-0.15, -0.1) is 5.10 Å². The van der Waals surface area contributed by atoms with Gasteiger partial charge in [0, 0.05) is 23.2 Å². The Morgan fingerprint density at radius 3 is 2.71 bits per heavy atom. The lowest BCUT2D eigenvalue weighted by atomic mass is 10.1. The van der Waals surface area contributed by atoms with Gasteiger partial charge in [-0.1, -0.05) is 29.5 Å². The van der Waals surface area contributed by atoms with Crippen LogP contribution in [0.25, 0.3) is 16.5 Å². The summed E-state index contributed by atoms with van der Waals surface area (Å²) < 4.78 is 1.61. The second kappa shape index (κ2) is 6.92. The molecule has 0 radical (unpaired) electrons. The third-order valence-corrected chi connectivity index (χ3v) is 4.44. The fourth-order valence-corrected chi connectivity index (χ4v) is 3.05. The lowest BCUT2D eigenvalue weighted by molar-refractivity contribution is 0.100. The molecule has 0 atom stereocenters. The van der Waals surface area contributed by atoms with Crippen molar-refractivity contribution in [2.45, 2.75) is 6.92 Å². The maximum atomic E-state index is 12.7. The number of benzene rings is 2. The predicted octanol–water partition coefficient (Wildman–Crippen LogP) is 2.48. The van der Waals surface area contributed by atoms with Crippen LogP contribution in [0.15, 0.2) is 60.9 Å². The summed E-state index contributed by atoms with van der Waals surface area (Å²) in [4.78, 5) is 28.4. The van der Waals surface area contributed by atoms with E-state index in [4.69, 9.17) is 5.73 Å². The Balaban J connectivity index is 1.71. The Hall–Kier alpha value is -4.07. The average molecular weight is 372 g/mol. The minimum atomic E-state index is -0.624. The standard InChI is InChI=1S/C20H16N6O2/c1-12-18(20(28)23-16-7-3-2-6-15(16)19(21)27)24-25-26(12)17-8-4-5-13-11-22-10-9-14(13)17/h2-11H,1H3,(H2,21,27)(H,23,28). The largest absolute Gasteiger partial charge is 0.366 e. The van der Waals surface area contributed by atoms with E-state index in [1.165, 1.54) is 0 Å². The molecule has 0 aliphatic heterocycles. The van der Waals surface area contributed by atoms with E-state index in [0.717, 1.165) is 16.5 Å². The number of hydrogen-bond acceptors (Lipinski definition) is 5. The van der Waals surface area contributed by atoms with Crippen LogP contribution in [0.2, 0.25) is 0 Å². The number of aromatic nitrogens is 4. The Morgan fingerprint density at radius 2 is 1.89 bits per heavy atom. The highest BCUT2D eigenvalue weighted by atomic mass is 16.2. The summed E-state index contributed by atoms with van der Waals surface area (Å²) in [6, 6.07) is 14.2. The van der Waals surface area contributed by atoms with E-state index in [2.05, 4.69) is 20.6 Å². The Kier molecular flexibility index (Phi) is 4.29. The van der Waals surface area contributed by atoms with Gasteiger partial charge in [0.05, 0.1) is 22.6 Å². The summed E-state index contributed by atoms with van der Waals surface area (Å²) in [5.41, 5.74) is 7.43. The molecule has 3 N–H and O–H groups in total. The Labute approximate surface area is 160 Å². The molecule has 0 unspecified atom stereocenters. The number of nitrogens with one attached hydrogen (secondary N) is 1. The van der Waals surface area contributed by atoms with Gasteiger partial charge >= 0.3 is 0 Å². The Bertz CT molecular complexity index is 1210. The van der Waals surface area contributed by atoms with Gasteiger partial charge in [0.25, 0.3) is 11.8 Å². The molecule has 2 aromatic carbocycles. The number of amides is 2. The van der Waals surface area contributed by atoms with Crippen molar-refractivity contribution in [3.8, 4) is 5.69 Å². The van der Waals surface area contributed by atoms with Gasteiger partial charge in [0.2, 0.25) is 0 Å². The summed E-state index contributed by atoms with van der Waals surface area (Å²) in [6.45, 7) is 1.76. The maximum Gasteiger partial charge on any atom is 0.278 e. The molecule has 0 bridgehead atoms. The number of nitrogens with zero attached hydrogens (tertiary/aromatic N) is 4. The van der Waals surface area contributed by atoms with Crippen LogP contribution in [0.3, 0.4) is 0 Å². The molecule has 2 aromatic heterocycles.